The van der Waals surface area contributed by atoms with Crippen LogP contribution in [0.25, 0.3) is 0 Å². The second-order valence-corrected chi connectivity index (χ2v) is 6.53. The highest BCUT2D eigenvalue weighted by Crippen LogP contribution is 2.22. The zero-order chi connectivity index (χ0) is 14.6. The van der Waals surface area contributed by atoms with E-state index >= 15 is 0 Å². The Morgan fingerprint density at radius 2 is 2.16 bits per heavy atom. The Labute approximate surface area is 114 Å². The summed E-state index contributed by atoms with van der Waals surface area (Å²) in [7, 11) is 0.165. The van der Waals surface area contributed by atoms with Crippen LogP contribution in [-0.4, -0.2) is 50.3 Å². The summed E-state index contributed by atoms with van der Waals surface area (Å²) in [5.41, 5.74) is 5.87. The molecule has 110 valence electrons. The third kappa shape index (κ3) is 3.92. The number of nitrogens with zero attached hydrogens (tertiary/aromatic N) is 3. The first-order valence-corrected chi connectivity index (χ1v) is 7.75. The number of nitrogens with one attached hydrogen (secondary N) is 1. The highest BCUT2D eigenvalue weighted by atomic mass is 32.2. The average molecular weight is 289 g/mol. The van der Waals surface area contributed by atoms with Crippen LogP contribution in [0, 0.1) is 0 Å². The predicted octanol–water partition coefficient (Wildman–Crippen LogP) is 0.276. The number of nitrogens with two attached hydrogens (primary N) is 1. The summed E-state index contributed by atoms with van der Waals surface area (Å²) in [4.78, 5) is 1.95. The molecule has 0 aliphatic carbocycles. The third-order valence-corrected chi connectivity index (χ3v) is 4.43. The molecule has 3 N–H and O–H groups in total. The van der Waals surface area contributed by atoms with Gasteiger partial charge in [0.15, 0.2) is 0 Å². The molecule has 1 heterocycles. The van der Waals surface area contributed by atoms with Crippen LogP contribution in [-0.2, 0) is 10.0 Å². The van der Waals surface area contributed by atoms with Gasteiger partial charge in [-0.05, 0) is 27.4 Å². The number of likely N-dealkylation sites (N-methyl/N-ethyl adjacent to an activating group) is 1. The van der Waals surface area contributed by atoms with Crippen LogP contribution in [0.15, 0.2) is 11.1 Å². The van der Waals surface area contributed by atoms with Crippen molar-refractivity contribution in [2.45, 2.75) is 31.2 Å². The molecule has 1 aromatic heterocycles. The Balaban J connectivity index is 2.87. The zero-order valence-electron chi connectivity index (χ0n) is 11.9. The van der Waals surface area contributed by atoms with E-state index in [1.807, 2.05) is 32.8 Å². The van der Waals surface area contributed by atoms with Gasteiger partial charge >= 0.3 is 0 Å². The number of nitrogen functional groups attached to an aromatic ring is 1. The smallest absolute Gasteiger partial charge is 0.245 e. The Hall–Kier alpha value is -1.12. The van der Waals surface area contributed by atoms with Crippen molar-refractivity contribution in [1.82, 2.24) is 19.4 Å². The number of hydrogen-bond donors (Lipinski definition) is 2. The topological polar surface area (TPSA) is 93.2 Å². The average Bonchev–Trinajstić information content (AvgIpc) is 2.70. The molecule has 0 aromatic carbocycles. The first-order valence-electron chi connectivity index (χ1n) is 6.27. The molecule has 0 saturated heterocycles. The van der Waals surface area contributed by atoms with Gasteiger partial charge in [-0.2, -0.15) is 5.10 Å². The van der Waals surface area contributed by atoms with Gasteiger partial charge in [-0.1, -0.05) is 6.92 Å². The standard InChI is InChI=1S/C11H23N5O2S/c1-5-9(2)16-11(12)10(8-13-16)19(17,18)14-6-7-15(3)4/h8-9,14H,5-7,12H2,1-4H3. The van der Waals surface area contributed by atoms with Gasteiger partial charge in [-0.15, -0.1) is 0 Å². The van der Waals surface area contributed by atoms with E-state index in [0.29, 0.717) is 13.1 Å². The van der Waals surface area contributed by atoms with Gasteiger partial charge in [0, 0.05) is 13.1 Å². The molecule has 0 fully saturated rings. The van der Waals surface area contributed by atoms with E-state index < -0.39 is 10.0 Å². The van der Waals surface area contributed by atoms with Crippen LogP contribution in [0.1, 0.15) is 26.3 Å². The monoisotopic (exact) mass is 289 g/mol. The summed E-state index contributed by atoms with van der Waals surface area (Å²) < 4.78 is 28.2. The fourth-order valence-corrected chi connectivity index (χ4v) is 2.64. The van der Waals surface area contributed by atoms with Crippen molar-refractivity contribution in [2.24, 2.45) is 0 Å². The van der Waals surface area contributed by atoms with E-state index in [-0.39, 0.29) is 16.8 Å². The van der Waals surface area contributed by atoms with Crippen molar-refractivity contribution in [3.8, 4) is 0 Å². The molecule has 0 bridgehead atoms. The Morgan fingerprint density at radius 3 is 2.68 bits per heavy atom. The highest BCUT2D eigenvalue weighted by molar-refractivity contribution is 7.89. The summed E-state index contributed by atoms with van der Waals surface area (Å²) in [6.45, 7) is 4.90. The maximum absolute atomic E-state index is 12.1. The van der Waals surface area contributed by atoms with Gasteiger partial charge in [-0.3, -0.25) is 0 Å². The van der Waals surface area contributed by atoms with E-state index in [4.69, 9.17) is 5.73 Å². The molecule has 0 amide bonds. The van der Waals surface area contributed by atoms with Crippen LogP contribution >= 0.6 is 0 Å². The van der Waals surface area contributed by atoms with Gasteiger partial charge in [0.1, 0.15) is 10.7 Å². The van der Waals surface area contributed by atoms with Crippen LogP contribution < -0.4 is 10.5 Å². The first-order chi connectivity index (χ1) is 8.79. The second kappa shape index (κ2) is 6.36. The Bertz CT molecular complexity index is 509. The maximum Gasteiger partial charge on any atom is 0.245 e. The lowest BCUT2D eigenvalue weighted by molar-refractivity contribution is 0.412. The van der Waals surface area contributed by atoms with Gasteiger partial charge in [-0.25, -0.2) is 17.8 Å². The molecular weight excluding hydrogens is 266 g/mol. The fraction of sp³-hybridized carbons (Fsp3) is 0.727. The zero-order valence-corrected chi connectivity index (χ0v) is 12.7. The van der Waals surface area contributed by atoms with E-state index in [0.717, 1.165) is 6.42 Å². The Morgan fingerprint density at radius 1 is 1.53 bits per heavy atom. The number of aromatic nitrogens is 2. The molecule has 1 aromatic rings. The van der Waals surface area contributed by atoms with Crippen molar-refractivity contribution < 1.29 is 8.42 Å². The van der Waals surface area contributed by atoms with Crippen molar-refractivity contribution in [1.29, 1.82) is 0 Å². The largest absolute Gasteiger partial charge is 0.383 e. The molecule has 7 nitrogen and oxygen atoms in total. The van der Waals surface area contributed by atoms with Crippen LogP contribution in [0.4, 0.5) is 5.82 Å². The molecule has 1 unspecified atom stereocenters. The molecule has 0 saturated carbocycles. The molecule has 1 atom stereocenters. The number of hydrogen-bond acceptors (Lipinski definition) is 5. The predicted molar refractivity (Wildman–Crippen MR) is 75.4 cm³/mol. The SMILES string of the molecule is CCC(C)n1ncc(S(=O)(=O)NCCN(C)C)c1N. The number of sulfonamides is 1. The van der Waals surface area contributed by atoms with E-state index in [2.05, 4.69) is 9.82 Å². The van der Waals surface area contributed by atoms with Crippen LogP contribution in [0.2, 0.25) is 0 Å². The van der Waals surface area contributed by atoms with Crippen molar-refractivity contribution >= 4 is 15.8 Å². The van der Waals surface area contributed by atoms with E-state index in [9.17, 15) is 8.42 Å². The lowest BCUT2D eigenvalue weighted by Gasteiger charge is -2.12. The minimum absolute atomic E-state index is 0.0477. The lowest BCUT2D eigenvalue weighted by Crippen LogP contribution is -2.31. The maximum atomic E-state index is 12.1. The molecule has 8 heteroatoms. The summed E-state index contributed by atoms with van der Waals surface area (Å²) in [6, 6.07) is 0.0747. The van der Waals surface area contributed by atoms with Crippen LogP contribution in [0.3, 0.4) is 0 Å². The molecule has 0 aliphatic rings. The minimum atomic E-state index is -3.59. The minimum Gasteiger partial charge on any atom is -0.383 e. The summed E-state index contributed by atoms with van der Waals surface area (Å²) in [6.07, 6.45) is 2.14. The van der Waals surface area contributed by atoms with Crippen molar-refractivity contribution in [3.63, 3.8) is 0 Å². The molecule has 1 rings (SSSR count). The summed E-state index contributed by atoms with van der Waals surface area (Å²) in [5, 5.41) is 4.06. The quantitative estimate of drug-likeness (QED) is 0.752. The van der Waals surface area contributed by atoms with Crippen molar-refractivity contribution in [2.75, 3.05) is 32.9 Å². The molecule has 0 radical (unpaired) electrons. The molecule has 19 heavy (non-hydrogen) atoms. The lowest BCUT2D eigenvalue weighted by atomic mass is 10.3. The number of anilines is 1. The van der Waals surface area contributed by atoms with E-state index in [1.165, 1.54) is 6.20 Å². The third-order valence-electron chi connectivity index (χ3n) is 2.95. The van der Waals surface area contributed by atoms with Gasteiger partial charge in [0.05, 0.1) is 12.2 Å². The first kappa shape index (κ1) is 15.9. The highest BCUT2D eigenvalue weighted by Gasteiger charge is 2.22. The van der Waals surface area contributed by atoms with Gasteiger partial charge < -0.3 is 10.6 Å². The summed E-state index contributed by atoms with van der Waals surface area (Å²) in [5.74, 6) is 0.187. The van der Waals surface area contributed by atoms with Crippen molar-refractivity contribution in [3.05, 3.63) is 6.20 Å². The molecule has 0 spiro atoms. The summed E-state index contributed by atoms with van der Waals surface area (Å²) >= 11 is 0. The van der Waals surface area contributed by atoms with Gasteiger partial charge in [0.25, 0.3) is 0 Å². The van der Waals surface area contributed by atoms with Crippen LogP contribution in [0.5, 0.6) is 0 Å². The van der Waals surface area contributed by atoms with Gasteiger partial charge in [0.2, 0.25) is 10.0 Å². The normalized spacial score (nSPS) is 13.9. The number of rotatable bonds is 7. The fourth-order valence-electron chi connectivity index (χ4n) is 1.57. The molecular formula is C11H23N5O2S. The second-order valence-electron chi connectivity index (χ2n) is 4.80. The van der Waals surface area contributed by atoms with E-state index in [1.54, 1.807) is 4.68 Å². The Kier molecular flexibility index (Phi) is 5.33. The molecule has 0 aliphatic heterocycles.